The third kappa shape index (κ3) is 3.07. The average molecular weight is 332 g/mol. The second kappa shape index (κ2) is 6.75. The lowest BCUT2D eigenvalue weighted by atomic mass is 9.79. The summed E-state index contributed by atoms with van der Waals surface area (Å²) in [6, 6.07) is 0. The maximum Gasteiger partial charge on any atom is 0.343 e. The highest BCUT2D eigenvalue weighted by atomic mass is 16.5. The standard InChI is InChI=1S/C17H24N4O3/c1-3-24-16(23)13-9-18-12(2)20-15(13)21-10-14(22)19-11-17(21)7-5-4-6-8-17/h9H,3-8,10-11H2,1-2H3,(H,19,22). The molecule has 0 radical (unpaired) electrons. The van der Waals surface area contributed by atoms with Crippen LogP contribution in [0.25, 0.3) is 0 Å². The number of hydrogen-bond acceptors (Lipinski definition) is 6. The second-order valence-electron chi connectivity index (χ2n) is 6.52. The number of hydrogen-bond donors (Lipinski definition) is 1. The van der Waals surface area contributed by atoms with Gasteiger partial charge in [-0.05, 0) is 26.7 Å². The van der Waals surface area contributed by atoms with Crippen molar-refractivity contribution in [3.05, 3.63) is 17.6 Å². The lowest BCUT2D eigenvalue weighted by Gasteiger charge is -2.50. The van der Waals surface area contributed by atoms with Crippen LogP contribution in [0.4, 0.5) is 5.82 Å². The summed E-state index contributed by atoms with van der Waals surface area (Å²) in [5.74, 6) is 0.620. The summed E-state index contributed by atoms with van der Waals surface area (Å²) in [4.78, 5) is 35.1. The van der Waals surface area contributed by atoms with Crippen molar-refractivity contribution in [2.24, 2.45) is 0 Å². The van der Waals surface area contributed by atoms with Crippen molar-refractivity contribution in [2.75, 3.05) is 24.6 Å². The number of piperazine rings is 1. The van der Waals surface area contributed by atoms with Gasteiger partial charge in [-0.1, -0.05) is 19.3 Å². The summed E-state index contributed by atoms with van der Waals surface area (Å²) in [5.41, 5.74) is 0.163. The molecule has 1 aliphatic heterocycles. The zero-order valence-corrected chi connectivity index (χ0v) is 14.3. The Morgan fingerprint density at radius 2 is 2.12 bits per heavy atom. The van der Waals surface area contributed by atoms with Gasteiger partial charge in [0.2, 0.25) is 5.91 Å². The molecule has 24 heavy (non-hydrogen) atoms. The highest BCUT2D eigenvalue weighted by Gasteiger charge is 2.44. The molecule has 7 nitrogen and oxygen atoms in total. The van der Waals surface area contributed by atoms with Crippen LogP contribution in [0.1, 0.15) is 55.2 Å². The Morgan fingerprint density at radius 1 is 1.38 bits per heavy atom. The van der Waals surface area contributed by atoms with Crippen molar-refractivity contribution >= 4 is 17.7 Å². The number of aryl methyl sites for hydroxylation is 1. The first-order valence-corrected chi connectivity index (χ1v) is 8.61. The summed E-state index contributed by atoms with van der Waals surface area (Å²) in [6.07, 6.45) is 6.92. The molecule has 1 N–H and O–H groups in total. The summed E-state index contributed by atoms with van der Waals surface area (Å²) >= 11 is 0. The zero-order valence-electron chi connectivity index (χ0n) is 14.3. The van der Waals surface area contributed by atoms with E-state index < -0.39 is 5.97 Å². The van der Waals surface area contributed by atoms with E-state index in [1.54, 1.807) is 13.8 Å². The van der Waals surface area contributed by atoms with Crippen LogP contribution in [0.15, 0.2) is 6.20 Å². The van der Waals surface area contributed by atoms with E-state index in [0.717, 1.165) is 25.7 Å². The first kappa shape index (κ1) is 16.7. The lowest BCUT2D eigenvalue weighted by molar-refractivity contribution is -0.121. The smallest absolute Gasteiger partial charge is 0.343 e. The molecule has 130 valence electrons. The van der Waals surface area contributed by atoms with Crippen molar-refractivity contribution in [3.8, 4) is 0 Å². The highest BCUT2D eigenvalue weighted by molar-refractivity contribution is 5.96. The van der Waals surface area contributed by atoms with Crippen LogP contribution in [-0.2, 0) is 9.53 Å². The van der Waals surface area contributed by atoms with Gasteiger partial charge in [0, 0.05) is 12.7 Å². The van der Waals surface area contributed by atoms with Crippen LogP contribution in [0.3, 0.4) is 0 Å². The third-order valence-electron chi connectivity index (χ3n) is 4.91. The number of esters is 1. The van der Waals surface area contributed by atoms with Crippen molar-refractivity contribution in [1.29, 1.82) is 0 Å². The molecule has 1 aliphatic carbocycles. The molecule has 1 saturated carbocycles. The fourth-order valence-electron chi connectivity index (χ4n) is 3.70. The largest absolute Gasteiger partial charge is 0.462 e. The molecule has 2 aliphatic rings. The molecule has 1 aromatic heterocycles. The molecule has 0 aromatic carbocycles. The topological polar surface area (TPSA) is 84.4 Å². The van der Waals surface area contributed by atoms with E-state index >= 15 is 0 Å². The maximum absolute atomic E-state index is 12.3. The molecule has 1 spiro atoms. The molecule has 0 bridgehead atoms. The molecular formula is C17H24N4O3. The van der Waals surface area contributed by atoms with Gasteiger partial charge in [-0.2, -0.15) is 0 Å². The minimum atomic E-state index is -0.440. The van der Waals surface area contributed by atoms with Gasteiger partial charge in [0.05, 0.1) is 18.7 Å². The Hall–Kier alpha value is -2.18. The second-order valence-corrected chi connectivity index (χ2v) is 6.52. The molecule has 3 rings (SSSR count). The maximum atomic E-state index is 12.3. The van der Waals surface area contributed by atoms with E-state index in [1.165, 1.54) is 12.6 Å². The number of nitrogens with one attached hydrogen (secondary N) is 1. The van der Waals surface area contributed by atoms with Crippen LogP contribution >= 0.6 is 0 Å². The van der Waals surface area contributed by atoms with Gasteiger partial charge in [-0.15, -0.1) is 0 Å². The normalized spacial score (nSPS) is 19.9. The van der Waals surface area contributed by atoms with Crippen molar-refractivity contribution in [3.63, 3.8) is 0 Å². The number of anilines is 1. The van der Waals surface area contributed by atoms with E-state index in [-0.39, 0.29) is 24.6 Å². The quantitative estimate of drug-likeness (QED) is 0.847. The van der Waals surface area contributed by atoms with Crippen LogP contribution in [0, 0.1) is 6.92 Å². The monoisotopic (exact) mass is 332 g/mol. The zero-order chi connectivity index (χ0) is 17.2. The molecule has 7 heteroatoms. The van der Waals surface area contributed by atoms with E-state index in [4.69, 9.17) is 4.74 Å². The molecule has 2 heterocycles. The minimum absolute atomic E-state index is 0.0442. The number of rotatable bonds is 3. The Bertz CT molecular complexity index is 641. The average Bonchev–Trinajstić information content (AvgIpc) is 2.58. The molecule has 2 fully saturated rings. The van der Waals surface area contributed by atoms with Gasteiger partial charge in [0.15, 0.2) is 0 Å². The fourth-order valence-corrected chi connectivity index (χ4v) is 3.70. The summed E-state index contributed by atoms with van der Waals surface area (Å²) in [7, 11) is 0. The number of ether oxygens (including phenoxy) is 1. The van der Waals surface area contributed by atoms with Crippen LogP contribution in [-0.4, -0.2) is 47.1 Å². The Morgan fingerprint density at radius 3 is 2.83 bits per heavy atom. The van der Waals surface area contributed by atoms with Crippen LogP contribution in [0.2, 0.25) is 0 Å². The molecule has 1 saturated heterocycles. The molecule has 1 amide bonds. The Balaban J connectivity index is 2.04. The van der Waals surface area contributed by atoms with Gasteiger partial charge in [0.25, 0.3) is 0 Å². The van der Waals surface area contributed by atoms with Crippen molar-refractivity contribution < 1.29 is 14.3 Å². The minimum Gasteiger partial charge on any atom is -0.462 e. The number of aromatic nitrogens is 2. The van der Waals surface area contributed by atoms with Crippen LogP contribution < -0.4 is 10.2 Å². The fraction of sp³-hybridized carbons (Fsp3) is 0.647. The van der Waals surface area contributed by atoms with Crippen LogP contribution in [0.5, 0.6) is 0 Å². The van der Waals surface area contributed by atoms with Gasteiger partial charge in [-0.3, -0.25) is 4.79 Å². The lowest BCUT2D eigenvalue weighted by Crippen LogP contribution is -2.64. The molecule has 1 aromatic rings. The summed E-state index contributed by atoms with van der Waals surface area (Å²) in [5, 5.41) is 2.99. The highest BCUT2D eigenvalue weighted by Crippen LogP contribution is 2.38. The van der Waals surface area contributed by atoms with Gasteiger partial charge < -0.3 is 15.0 Å². The van der Waals surface area contributed by atoms with Crippen molar-refractivity contribution in [1.82, 2.24) is 15.3 Å². The Labute approximate surface area is 141 Å². The predicted molar refractivity (Wildman–Crippen MR) is 88.9 cm³/mol. The number of carbonyl (C=O) groups excluding carboxylic acids is 2. The SMILES string of the molecule is CCOC(=O)c1cnc(C)nc1N1CC(=O)NCC12CCCCC2. The Kier molecular flexibility index (Phi) is 4.69. The predicted octanol–water partition coefficient (Wildman–Crippen LogP) is 1.60. The molecule has 0 atom stereocenters. The van der Waals surface area contributed by atoms with Crippen molar-refractivity contribution in [2.45, 2.75) is 51.5 Å². The first-order chi connectivity index (χ1) is 11.6. The summed E-state index contributed by atoms with van der Waals surface area (Å²) < 4.78 is 5.16. The van der Waals surface area contributed by atoms with Gasteiger partial charge in [0.1, 0.15) is 17.2 Å². The van der Waals surface area contributed by atoms with Gasteiger partial charge >= 0.3 is 5.97 Å². The molecule has 0 unspecified atom stereocenters. The van der Waals surface area contributed by atoms with E-state index in [9.17, 15) is 9.59 Å². The molecular weight excluding hydrogens is 308 g/mol. The number of carbonyl (C=O) groups is 2. The van der Waals surface area contributed by atoms with E-state index in [0.29, 0.717) is 23.8 Å². The van der Waals surface area contributed by atoms with Gasteiger partial charge in [-0.25, -0.2) is 14.8 Å². The van der Waals surface area contributed by atoms with E-state index in [1.807, 2.05) is 4.90 Å². The summed E-state index contributed by atoms with van der Waals surface area (Å²) in [6.45, 7) is 4.65. The first-order valence-electron chi connectivity index (χ1n) is 8.61. The third-order valence-corrected chi connectivity index (χ3v) is 4.91. The number of nitrogens with zero attached hydrogens (tertiary/aromatic N) is 3. The number of amides is 1. The van der Waals surface area contributed by atoms with E-state index in [2.05, 4.69) is 15.3 Å².